The molecule has 6 heteroatoms. The number of aliphatic hydroxyl groups is 1. The molecule has 0 aliphatic carbocycles. The molecule has 3 heterocycles. The Hall–Kier alpha value is -0.530. The maximum atomic E-state index is 10.6. The Morgan fingerprint density at radius 3 is 2.70 bits per heavy atom. The van der Waals surface area contributed by atoms with Crippen molar-refractivity contribution in [3.8, 4) is 0 Å². The van der Waals surface area contributed by atoms with Gasteiger partial charge < -0.3 is 14.7 Å². The molecule has 0 unspecified atom stereocenters. The summed E-state index contributed by atoms with van der Waals surface area (Å²) < 4.78 is 6.20. The van der Waals surface area contributed by atoms with Crippen LogP contribution in [0.2, 0.25) is 0 Å². The van der Waals surface area contributed by atoms with Crippen molar-refractivity contribution in [3.63, 3.8) is 0 Å². The molecule has 130 valence electrons. The predicted octanol–water partition coefficient (Wildman–Crippen LogP) is 1.89. The molecule has 1 aromatic heterocycles. The van der Waals surface area contributed by atoms with Crippen molar-refractivity contribution in [1.82, 2.24) is 14.8 Å². The van der Waals surface area contributed by atoms with Gasteiger partial charge in [0.15, 0.2) is 0 Å². The fourth-order valence-electron chi connectivity index (χ4n) is 3.91. The molecule has 2 aliphatic rings. The number of likely N-dealkylation sites (N-methyl/N-ethyl adjacent to an activating group) is 1. The summed E-state index contributed by atoms with van der Waals surface area (Å²) in [5.41, 5.74) is 2.28. The standard InChI is InChI=1S/C17H29N3O2S/c1-13-14(23-12-18-13)10-20-7-5-17(6-8-20)9-15(19(3)4)16(2,21)11-22-17/h12,15,21H,5-11H2,1-4H3/t15-,16-/m0/s1. The summed E-state index contributed by atoms with van der Waals surface area (Å²) in [5, 5.41) is 10.6. The average Bonchev–Trinajstić information content (AvgIpc) is 2.89. The Balaban J connectivity index is 1.61. The summed E-state index contributed by atoms with van der Waals surface area (Å²) in [7, 11) is 4.11. The highest BCUT2D eigenvalue weighted by molar-refractivity contribution is 7.09. The van der Waals surface area contributed by atoms with Crippen LogP contribution in [0.1, 0.15) is 36.8 Å². The van der Waals surface area contributed by atoms with E-state index in [0.29, 0.717) is 6.61 Å². The average molecular weight is 340 g/mol. The number of thiazole rings is 1. The molecule has 1 N–H and O–H groups in total. The van der Waals surface area contributed by atoms with E-state index in [1.165, 1.54) is 4.88 Å². The molecule has 0 aromatic carbocycles. The summed E-state index contributed by atoms with van der Waals surface area (Å²) in [5.74, 6) is 0. The molecular weight excluding hydrogens is 310 g/mol. The zero-order valence-electron chi connectivity index (χ0n) is 14.7. The first-order valence-corrected chi connectivity index (χ1v) is 9.33. The van der Waals surface area contributed by atoms with Gasteiger partial charge in [0.25, 0.3) is 0 Å². The van der Waals surface area contributed by atoms with Gasteiger partial charge in [-0.3, -0.25) is 4.90 Å². The van der Waals surface area contributed by atoms with Crippen molar-refractivity contribution in [2.75, 3.05) is 33.8 Å². The van der Waals surface area contributed by atoms with Crippen LogP contribution in [0, 0.1) is 6.92 Å². The fraction of sp³-hybridized carbons (Fsp3) is 0.824. The quantitative estimate of drug-likeness (QED) is 0.911. The van der Waals surface area contributed by atoms with E-state index < -0.39 is 5.60 Å². The van der Waals surface area contributed by atoms with E-state index in [1.54, 1.807) is 11.3 Å². The Bertz CT molecular complexity index is 536. The van der Waals surface area contributed by atoms with Crippen molar-refractivity contribution >= 4 is 11.3 Å². The first-order chi connectivity index (χ1) is 10.8. The molecule has 2 fully saturated rings. The summed E-state index contributed by atoms with van der Waals surface area (Å²) in [6.45, 7) is 7.53. The van der Waals surface area contributed by atoms with Gasteiger partial charge >= 0.3 is 0 Å². The maximum absolute atomic E-state index is 10.6. The third-order valence-corrected chi connectivity index (χ3v) is 6.48. The lowest BCUT2D eigenvalue weighted by Crippen LogP contribution is -2.62. The van der Waals surface area contributed by atoms with Gasteiger partial charge in [-0.1, -0.05) is 0 Å². The molecule has 5 nitrogen and oxygen atoms in total. The van der Waals surface area contributed by atoms with Crippen LogP contribution in [0.25, 0.3) is 0 Å². The van der Waals surface area contributed by atoms with E-state index in [4.69, 9.17) is 4.74 Å². The van der Waals surface area contributed by atoms with Gasteiger partial charge in [0, 0.05) is 30.6 Å². The molecule has 1 aromatic rings. The smallest absolute Gasteiger partial charge is 0.101 e. The Labute approximate surface area is 143 Å². The zero-order valence-corrected chi connectivity index (χ0v) is 15.5. The van der Waals surface area contributed by atoms with Crippen LogP contribution < -0.4 is 0 Å². The summed E-state index contributed by atoms with van der Waals surface area (Å²) >= 11 is 1.75. The van der Waals surface area contributed by atoms with Crippen LogP contribution >= 0.6 is 11.3 Å². The first-order valence-electron chi connectivity index (χ1n) is 8.45. The molecule has 0 saturated carbocycles. The highest BCUT2D eigenvalue weighted by Gasteiger charge is 2.48. The molecule has 2 saturated heterocycles. The Morgan fingerprint density at radius 1 is 1.43 bits per heavy atom. The Kier molecular flexibility index (Phi) is 4.82. The summed E-state index contributed by atoms with van der Waals surface area (Å²) in [6.07, 6.45) is 3.01. The minimum Gasteiger partial charge on any atom is -0.386 e. The largest absolute Gasteiger partial charge is 0.386 e. The highest BCUT2D eigenvalue weighted by atomic mass is 32.1. The van der Waals surface area contributed by atoms with E-state index in [-0.39, 0.29) is 11.6 Å². The molecule has 2 atom stereocenters. The lowest BCUT2D eigenvalue weighted by atomic mass is 9.77. The van der Waals surface area contributed by atoms with E-state index >= 15 is 0 Å². The molecule has 2 aliphatic heterocycles. The second kappa shape index (κ2) is 6.41. The number of aryl methyl sites for hydroxylation is 1. The number of hydrogen-bond donors (Lipinski definition) is 1. The Morgan fingerprint density at radius 2 is 2.13 bits per heavy atom. The topological polar surface area (TPSA) is 48.8 Å². The minimum atomic E-state index is -0.758. The number of likely N-dealkylation sites (tertiary alicyclic amines) is 1. The summed E-state index contributed by atoms with van der Waals surface area (Å²) in [6, 6.07) is 0.159. The SMILES string of the molecule is Cc1ncsc1CN1CCC2(CC1)C[C@H](N(C)C)[C@@](C)(O)CO2. The minimum absolute atomic E-state index is 0.0591. The highest BCUT2D eigenvalue weighted by Crippen LogP contribution is 2.40. The van der Waals surface area contributed by atoms with Crippen LogP contribution in [0.15, 0.2) is 5.51 Å². The van der Waals surface area contributed by atoms with Crippen molar-refractivity contribution in [3.05, 3.63) is 16.1 Å². The number of piperidine rings is 1. The van der Waals surface area contributed by atoms with E-state index in [0.717, 1.165) is 44.6 Å². The van der Waals surface area contributed by atoms with E-state index in [9.17, 15) is 5.11 Å². The number of ether oxygens (including phenoxy) is 1. The van der Waals surface area contributed by atoms with Gasteiger partial charge in [-0.05, 0) is 47.2 Å². The lowest BCUT2D eigenvalue weighted by Gasteiger charge is -2.52. The van der Waals surface area contributed by atoms with E-state index in [1.807, 2.05) is 12.4 Å². The molecular formula is C17H29N3O2S. The molecule has 23 heavy (non-hydrogen) atoms. The third kappa shape index (κ3) is 3.61. The fourth-order valence-corrected chi connectivity index (χ4v) is 4.73. The molecule has 1 spiro atoms. The molecule has 0 radical (unpaired) electrons. The number of rotatable bonds is 3. The molecule has 0 amide bonds. The lowest BCUT2D eigenvalue weighted by molar-refractivity contribution is -0.207. The van der Waals surface area contributed by atoms with Crippen LogP contribution in [0.5, 0.6) is 0 Å². The third-order valence-electron chi connectivity index (χ3n) is 5.56. The second-order valence-corrected chi connectivity index (χ2v) is 8.59. The van der Waals surface area contributed by atoms with Gasteiger partial charge in [-0.25, -0.2) is 4.98 Å². The number of nitrogens with zero attached hydrogens (tertiary/aromatic N) is 3. The van der Waals surface area contributed by atoms with Crippen LogP contribution in [0.3, 0.4) is 0 Å². The van der Waals surface area contributed by atoms with Crippen molar-refractivity contribution < 1.29 is 9.84 Å². The predicted molar refractivity (Wildman–Crippen MR) is 92.8 cm³/mol. The van der Waals surface area contributed by atoms with Gasteiger partial charge in [0.2, 0.25) is 0 Å². The molecule has 3 rings (SSSR count). The van der Waals surface area contributed by atoms with Gasteiger partial charge in [-0.15, -0.1) is 11.3 Å². The normalized spacial score (nSPS) is 31.8. The molecule has 0 bridgehead atoms. The summed E-state index contributed by atoms with van der Waals surface area (Å²) in [4.78, 5) is 10.4. The monoisotopic (exact) mass is 339 g/mol. The second-order valence-electron chi connectivity index (χ2n) is 7.65. The number of aromatic nitrogens is 1. The van der Waals surface area contributed by atoms with Crippen molar-refractivity contribution in [1.29, 1.82) is 0 Å². The first kappa shape index (κ1) is 17.3. The van der Waals surface area contributed by atoms with Gasteiger partial charge in [0.1, 0.15) is 5.60 Å². The van der Waals surface area contributed by atoms with Crippen LogP contribution in [-0.2, 0) is 11.3 Å². The van der Waals surface area contributed by atoms with Gasteiger partial charge in [0.05, 0.1) is 23.4 Å². The van der Waals surface area contributed by atoms with Crippen LogP contribution in [0.4, 0.5) is 0 Å². The number of hydrogen-bond acceptors (Lipinski definition) is 6. The van der Waals surface area contributed by atoms with Gasteiger partial charge in [-0.2, -0.15) is 0 Å². The zero-order chi connectivity index (χ0) is 16.7. The van der Waals surface area contributed by atoms with E-state index in [2.05, 4.69) is 35.8 Å². The van der Waals surface area contributed by atoms with Crippen LogP contribution in [-0.4, -0.2) is 70.9 Å². The van der Waals surface area contributed by atoms with Crippen molar-refractivity contribution in [2.45, 2.75) is 56.9 Å². The maximum Gasteiger partial charge on any atom is 0.101 e. The van der Waals surface area contributed by atoms with Crippen molar-refractivity contribution in [2.24, 2.45) is 0 Å².